The number of rotatable bonds is 8. The fourth-order valence-corrected chi connectivity index (χ4v) is 4.99. The van der Waals surface area contributed by atoms with Gasteiger partial charge in [-0.2, -0.15) is 0 Å². The quantitative estimate of drug-likeness (QED) is 0.225. The number of ether oxygens (including phenoxy) is 3. The fourth-order valence-electron chi connectivity index (χ4n) is 4.65. The van der Waals surface area contributed by atoms with E-state index in [2.05, 4.69) is 25.6 Å². The van der Waals surface area contributed by atoms with Crippen LogP contribution in [0.1, 0.15) is 11.8 Å². The summed E-state index contributed by atoms with van der Waals surface area (Å²) < 4.78 is 36.0. The van der Waals surface area contributed by atoms with Gasteiger partial charge in [-0.25, -0.2) is 24.3 Å². The molecule has 2 saturated heterocycles. The number of nitrogens with zero attached hydrogens (tertiary/aromatic N) is 4. The third-order valence-corrected chi connectivity index (χ3v) is 6.90. The Morgan fingerprint density at radius 2 is 1.71 bits per heavy atom. The van der Waals surface area contributed by atoms with Crippen LogP contribution in [0.25, 0.3) is 17.2 Å². The molecule has 6 rings (SSSR count). The molecule has 212 valence electrons. The van der Waals surface area contributed by atoms with Gasteiger partial charge in [0.05, 0.1) is 12.9 Å². The monoisotopic (exact) mass is 580 g/mol. The maximum absolute atomic E-state index is 12.6. The molecule has 2 unspecified atom stereocenters. The molecule has 0 saturated carbocycles. The highest BCUT2D eigenvalue weighted by Gasteiger charge is 2.53. The number of benzene rings is 2. The summed E-state index contributed by atoms with van der Waals surface area (Å²) in [6.45, 7) is -0.436. The van der Waals surface area contributed by atoms with E-state index in [1.165, 1.54) is 12.7 Å². The van der Waals surface area contributed by atoms with Gasteiger partial charge in [-0.05, 0) is 23.8 Å². The summed E-state index contributed by atoms with van der Waals surface area (Å²) in [4.78, 5) is 43.9. The van der Waals surface area contributed by atoms with Crippen molar-refractivity contribution in [1.82, 2.24) is 19.5 Å². The summed E-state index contributed by atoms with van der Waals surface area (Å²) >= 11 is 0. The zero-order valence-electron chi connectivity index (χ0n) is 21.3. The minimum absolute atomic E-state index is 0.172. The molecule has 0 bridgehead atoms. The van der Waals surface area contributed by atoms with Crippen molar-refractivity contribution in [3.63, 3.8) is 0 Å². The molecule has 2 aliphatic heterocycles. The predicted octanol–water partition coefficient (Wildman–Crippen LogP) is 3.30. The normalized spacial score (nSPS) is 24.1. The van der Waals surface area contributed by atoms with E-state index in [-0.39, 0.29) is 5.82 Å². The number of fused-ring (bicyclic) bond motifs is 2. The van der Waals surface area contributed by atoms with Crippen LogP contribution in [0.2, 0.25) is 0 Å². The third-order valence-electron chi connectivity index (χ3n) is 6.42. The number of carbonyl (C=O) groups excluding carboxylic acids is 1. The molecule has 2 aliphatic rings. The maximum Gasteiger partial charge on any atom is 0.469 e. The first kappa shape index (κ1) is 27.2. The number of phosphoric ester groups is 1. The number of hydrogen-bond donors (Lipinski definition) is 4. The van der Waals surface area contributed by atoms with Crippen molar-refractivity contribution in [2.45, 2.75) is 30.8 Å². The first-order valence-corrected chi connectivity index (χ1v) is 14.1. The third kappa shape index (κ3) is 6.19. The smallest absolute Gasteiger partial charge is 0.347 e. The van der Waals surface area contributed by atoms with Gasteiger partial charge in [0.2, 0.25) is 0 Å². The van der Waals surface area contributed by atoms with Crippen molar-refractivity contribution >= 4 is 42.6 Å². The molecule has 41 heavy (non-hydrogen) atoms. The SMILES string of the molecule is O=C(Nc1ccccc1)Nc1ncnc2c1ncn2[C@@H]1O[C@H](COP(=O)(O)O)C2OC(C=Cc3ccccc3)O[C@@H]21. The number of aromatic nitrogens is 4. The molecule has 15 heteroatoms. The highest BCUT2D eigenvalue weighted by atomic mass is 31.2. The molecule has 0 radical (unpaired) electrons. The number of phosphoric acid groups is 1. The van der Waals surface area contributed by atoms with E-state index >= 15 is 0 Å². The van der Waals surface area contributed by atoms with Crippen molar-refractivity contribution in [3.8, 4) is 0 Å². The molecule has 2 fully saturated rings. The lowest BCUT2D eigenvalue weighted by molar-refractivity contribution is -0.132. The van der Waals surface area contributed by atoms with Crippen molar-refractivity contribution in [2.75, 3.05) is 17.2 Å². The molecule has 0 aliphatic carbocycles. The van der Waals surface area contributed by atoms with Gasteiger partial charge in [0.15, 0.2) is 29.5 Å². The summed E-state index contributed by atoms with van der Waals surface area (Å²) in [7, 11) is -4.76. The Morgan fingerprint density at radius 1 is 0.976 bits per heavy atom. The summed E-state index contributed by atoms with van der Waals surface area (Å²) in [6, 6.07) is 18.0. The second-order valence-electron chi connectivity index (χ2n) is 9.18. The van der Waals surface area contributed by atoms with Crippen LogP contribution in [0.4, 0.5) is 16.3 Å². The number of para-hydroxylation sites is 1. The Labute approximate surface area is 233 Å². The van der Waals surface area contributed by atoms with Crippen molar-refractivity contribution in [2.24, 2.45) is 0 Å². The largest absolute Gasteiger partial charge is 0.469 e. The molecule has 5 atom stereocenters. The Balaban J connectivity index is 1.24. The number of hydrogen-bond acceptors (Lipinski definition) is 9. The second kappa shape index (κ2) is 11.5. The number of nitrogens with one attached hydrogen (secondary N) is 2. The zero-order chi connectivity index (χ0) is 28.4. The molecule has 4 aromatic rings. The molecule has 14 nitrogen and oxygen atoms in total. The number of carbonyl (C=O) groups is 1. The molecule has 0 spiro atoms. The Morgan fingerprint density at radius 3 is 2.46 bits per heavy atom. The van der Waals surface area contributed by atoms with Gasteiger partial charge in [0, 0.05) is 5.69 Å². The van der Waals surface area contributed by atoms with Crippen LogP contribution in [-0.4, -0.2) is 66.5 Å². The standard InChI is InChI=1S/C26H25N6O8P/c33-26(30-17-9-5-2-6-10-17)31-23-20-24(28-14-27-23)32(15-29-20)25-22-21(18(38-25)13-37-41(34,35)36)39-19(40-22)12-11-16-7-3-1-4-8-16/h1-12,14-15,18-19,21-22,25H,13H2,(H2,34,35,36)(H2,27,28,30,31,33)/t18-,19?,21?,22+,25-/m1/s1. The van der Waals surface area contributed by atoms with Crippen LogP contribution in [0.3, 0.4) is 0 Å². The number of urea groups is 1. The van der Waals surface area contributed by atoms with Gasteiger partial charge in [-0.15, -0.1) is 0 Å². The van der Waals surface area contributed by atoms with Crippen molar-refractivity contribution in [3.05, 3.63) is 85.0 Å². The summed E-state index contributed by atoms with van der Waals surface area (Å²) in [5.74, 6) is 0.172. The molecule has 2 aromatic heterocycles. The first-order chi connectivity index (χ1) is 19.8. The van der Waals surface area contributed by atoms with E-state index in [0.717, 1.165) is 5.56 Å². The molecular weight excluding hydrogens is 555 g/mol. The van der Waals surface area contributed by atoms with Crippen LogP contribution in [0, 0.1) is 0 Å². The van der Waals surface area contributed by atoms with Gasteiger partial charge >= 0.3 is 13.9 Å². The molecule has 4 N–H and O–H groups in total. The van der Waals surface area contributed by atoms with Gasteiger partial charge in [-0.3, -0.25) is 14.4 Å². The van der Waals surface area contributed by atoms with Crippen LogP contribution < -0.4 is 10.6 Å². The van der Waals surface area contributed by atoms with Crippen LogP contribution in [-0.2, 0) is 23.3 Å². The van der Waals surface area contributed by atoms with Gasteiger partial charge in [0.1, 0.15) is 24.6 Å². The van der Waals surface area contributed by atoms with Crippen LogP contribution >= 0.6 is 7.82 Å². The second-order valence-corrected chi connectivity index (χ2v) is 10.4. The van der Waals surface area contributed by atoms with E-state index in [1.807, 2.05) is 42.5 Å². The number of imidazole rings is 1. The summed E-state index contributed by atoms with van der Waals surface area (Å²) in [6.07, 6.45) is 2.45. The van der Waals surface area contributed by atoms with Gasteiger partial charge < -0.3 is 29.3 Å². The lowest BCUT2D eigenvalue weighted by Crippen LogP contribution is -2.31. The summed E-state index contributed by atoms with van der Waals surface area (Å²) in [5.41, 5.74) is 2.18. The van der Waals surface area contributed by atoms with Gasteiger partial charge in [0.25, 0.3) is 0 Å². The Bertz CT molecular complexity index is 1600. The Kier molecular flexibility index (Phi) is 7.60. The first-order valence-electron chi connectivity index (χ1n) is 12.5. The van der Waals surface area contributed by atoms with Gasteiger partial charge in [-0.1, -0.05) is 54.6 Å². The number of anilines is 2. The van der Waals surface area contributed by atoms with Crippen molar-refractivity contribution < 1.29 is 37.9 Å². The fraction of sp³-hybridized carbons (Fsp3) is 0.231. The highest BCUT2D eigenvalue weighted by Crippen LogP contribution is 2.43. The lowest BCUT2D eigenvalue weighted by atomic mass is 10.1. The predicted molar refractivity (Wildman–Crippen MR) is 145 cm³/mol. The zero-order valence-corrected chi connectivity index (χ0v) is 22.2. The van der Waals surface area contributed by atoms with E-state index in [0.29, 0.717) is 16.9 Å². The topological polar surface area (TPSA) is 179 Å². The van der Waals surface area contributed by atoms with E-state index in [1.54, 1.807) is 34.9 Å². The minimum Gasteiger partial charge on any atom is -0.347 e. The lowest BCUT2D eigenvalue weighted by Gasteiger charge is -2.20. The van der Waals surface area contributed by atoms with Crippen molar-refractivity contribution in [1.29, 1.82) is 0 Å². The average molecular weight is 580 g/mol. The molecular formula is C26H25N6O8P. The van der Waals surface area contributed by atoms with E-state index in [9.17, 15) is 19.1 Å². The van der Waals surface area contributed by atoms with Crippen LogP contribution in [0.5, 0.6) is 0 Å². The molecule has 2 amide bonds. The number of amides is 2. The highest BCUT2D eigenvalue weighted by molar-refractivity contribution is 7.46. The van der Waals surface area contributed by atoms with E-state index in [4.69, 9.17) is 18.7 Å². The van der Waals surface area contributed by atoms with E-state index < -0.39 is 51.3 Å². The molecule has 2 aromatic carbocycles. The van der Waals surface area contributed by atoms with Crippen LogP contribution in [0.15, 0.2) is 79.4 Å². The Hall–Kier alpha value is -4.01. The molecule has 4 heterocycles. The average Bonchev–Trinajstić information content (AvgIpc) is 3.66. The maximum atomic E-state index is 12.6. The minimum atomic E-state index is -4.76. The summed E-state index contributed by atoms with van der Waals surface area (Å²) in [5, 5.41) is 5.40.